The molecule has 1 aromatic rings. The van der Waals surface area contributed by atoms with E-state index in [4.69, 9.17) is 0 Å². The van der Waals surface area contributed by atoms with Crippen LogP contribution in [0.2, 0.25) is 0 Å². The fourth-order valence-electron chi connectivity index (χ4n) is 4.36. The molecule has 2 atom stereocenters. The van der Waals surface area contributed by atoms with Crippen LogP contribution in [0.3, 0.4) is 0 Å². The average Bonchev–Trinajstić information content (AvgIpc) is 3.29. The second kappa shape index (κ2) is 8.58. The highest BCUT2D eigenvalue weighted by Gasteiger charge is 2.42. The van der Waals surface area contributed by atoms with Gasteiger partial charge in [-0.25, -0.2) is 4.79 Å². The zero-order valence-corrected chi connectivity index (χ0v) is 16.7. The SMILES string of the molecule is O=C(O)[C@@H]1C[C@@H](OC(F)F)CN1C(=O)CN1Cc2cc(C3=CC=CCC3)ccc2C1=O. The van der Waals surface area contributed by atoms with Crippen LogP contribution in [0, 0.1) is 0 Å². The molecule has 1 N–H and O–H groups in total. The summed E-state index contributed by atoms with van der Waals surface area (Å²) in [7, 11) is 0. The van der Waals surface area contributed by atoms with Crippen LogP contribution in [-0.2, 0) is 20.9 Å². The Bertz CT molecular complexity index is 975. The van der Waals surface area contributed by atoms with Gasteiger partial charge in [0.2, 0.25) is 5.91 Å². The first-order valence-electron chi connectivity index (χ1n) is 10.1. The highest BCUT2D eigenvalue weighted by molar-refractivity contribution is 6.01. The minimum atomic E-state index is -3.05. The van der Waals surface area contributed by atoms with Crippen molar-refractivity contribution in [3.05, 3.63) is 53.1 Å². The van der Waals surface area contributed by atoms with Crippen LogP contribution in [0.15, 0.2) is 36.4 Å². The monoisotopic (exact) mass is 432 g/mol. The van der Waals surface area contributed by atoms with E-state index in [1.54, 1.807) is 6.07 Å². The summed E-state index contributed by atoms with van der Waals surface area (Å²) in [6.07, 6.45) is 6.73. The number of nitrogens with zero attached hydrogens (tertiary/aromatic N) is 2. The van der Waals surface area contributed by atoms with Gasteiger partial charge in [0.05, 0.1) is 6.10 Å². The lowest BCUT2D eigenvalue weighted by Gasteiger charge is -2.24. The molecule has 1 aromatic carbocycles. The normalized spacial score (nSPS) is 22.8. The van der Waals surface area contributed by atoms with Gasteiger partial charge in [0, 0.05) is 25.1 Å². The number of allylic oxidation sites excluding steroid dienone is 4. The number of aliphatic carboxylic acids is 1. The maximum Gasteiger partial charge on any atom is 0.345 e. The van der Waals surface area contributed by atoms with Gasteiger partial charge in [0.25, 0.3) is 5.91 Å². The predicted molar refractivity (Wildman–Crippen MR) is 106 cm³/mol. The van der Waals surface area contributed by atoms with Crippen molar-refractivity contribution in [2.45, 2.75) is 44.6 Å². The van der Waals surface area contributed by atoms with Crippen LogP contribution in [0.1, 0.15) is 40.7 Å². The van der Waals surface area contributed by atoms with Crippen LogP contribution in [0.5, 0.6) is 0 Å². The Labute approximate surface area is 177 Å². The molecule has 1 aliphatic carbocycles. The highest BCUT2D eigenvalue weighted by Crippen LogP contribution is 2.30. The summed E-state index contributed by atoms with van der Waals surface area (Å²) in [5.41, 5.74) is 3.53. The Morgan fingerprint density at radius 1 is 1.29 bits per heavy atom. The number of halogens is 2. The van der Waals surface area contributed by atoms with Gasteiger partial charge in [0.15, 0.2) is 0 Å². The van der Waals surface area contributed by atoms with Crippen LogP contribution in [0.25, 0.3) is 5.57 Å². The minimum Gasteiger partial charge on any atom is -0.480 e. The molecular formula is C22H22F2N2O5. The predicted octanol–water partition coefficient (Wildman–Crippen LogP) is 2.67. The standard InChI is InChI=1S/C22H22F2N2O5/c23-22(24)31-16-9-18(21(29)30)26(11-16)19(27)12-25-10-15-8-14(6-7-17(15)20(25)28)13-4-2-1-3-5-13/h1-2,4,6-8,16,18,22H,3,5,9-12H2,(H,29,30)/t16-,18+/m1/s1. The van der Waals surface area contributed by atoms with Crippen LogP contribution < -0.4 is 0 Å². The topological polar surface area (TPSA) is 87.2 Å². The average molecular weight is 432 g/mol. The molecule has 2 amide bonds. The molecule has 1 fully saturated rings. The number of rotatable bonds is 6. The number of carboxylic acids is 1. The number of carbonyl (C=O) groups is 3. The lowest BCUT2D eigenvalue weighted by atomic mass is 9.95. The molecule has 2 heterocycles. The lowest BCUT2D eigenvalue weighted by molar-refractivity contribution is -0.160. The van der Waals surface area contributed by atoms with Gasteiger partial charge in [-0.2, -0.15) is 8.78 Å². The zero-order chi connectivity index (χ0) is 22.1. The Balaban J connectivity index is 1.45. The number of carboxylic acid groups (broad SMARTS) is 1. The van der Waals surface area contributed by atoms with Gasteiger partial charge in [-0.15, -0.1) is 0 Å². The van der Waals surface area contributed by atoms with Crippen LogP contribution >= 0.6 is 0 Å². The maximum atomic E-state index is 12.8. The van der Waals surface area contributed by atoms with Gasteiger partial charge in [-0.1, -0.05) is 24.3 Å². The summed E-state index contributed by atoms with van der Waals surface area (Å²) in [4.78, 5) is 39.4. The van der Waals surface area contributed by atoms with Crippen molar-refractivity contribution in [2.24, 2.45) is 0 Å². The Morgan fingerprint density at radius 2 is 2.10 bits per heavy atom. The van der Waals surface area contributed by atoms with Gasteiger partial charge < -0.3 is 19.6 Å². The van der Waals surface area contributed by atoms with Crippen molar-refractivity contribution < 1.29 is 33.0 Å². The summed E-state index contributed by atoms with van der Waals surface area (Å²) < 4.78 is 29.4. The second-order valence-corrected chi connectivity index (χ2v) is 7.85. The van der Waals surface area contributed by atoms with E-state index in [1.165, 1.54) is 10.5 Å². The third-order valence-corrected chi connectivity index (χ3v) is 5.86. The zero-order valence-electron chi connectivity index (χ0n) is 16.7. The number of fused-ring (bicyclic) bond motifs is 1. The molecule has 7 nitrogen and oxygen atoms in total. The van der Waals surface area contributed by atoms with E-state index in [0.717, 1.165) is 28.9 Å². The molecule has 31 heavy (non-hydrogen) atoms. The molecule has 0 bridgehead atoms. The molecule has 9 heteroatoms. The fourth-order valence-corrected chi connectivity index (χ4v) is 4.36. The largest absolute Gasteiger partial charge is 0.480 e. The highest BCUT2D eigenvalue weighted by atomic mass is 19.3. The van der Waals surface area contributed by atoms with Gasteiger partial charge in [-0.3, -0.25) is 9.59 Å². The number of ether oxygens (including phenoxy) is 1. The van der Waals surface area contributed by atoms with Gasteiger partial charge in [-0.05, 0) is 41.7 Å². The number of benzene rings is 1. The lowest BCUT2D eigenvalue weighted by Crippen LogP contribution is -2.45. The molecule has 3 aliphatic rings. The molecule has 0 aromatic heterocycles. The van der Waals surface area contributed by atoms with Crippen molar-refractivity contribution in [3.63, 3.8) is 0 Å². The molecule has 0 radical (unpaired) electrons. The number of amides is 2. The molecule has 0 spiro atoms. The minimum absolute atomic E-state index is 0.216. The van der Waals surface area contributed by atoms with Crippen molar-refractivity contribution in [3.8, 4) is 0 Å². The van der Waals surface area contributed by atoms with E-state index < -0.39 is 30.6 Å². The van der Waals surface area contributed by atoms with E-state index in [9.17, 15) is 28.3 Å². The smallest absolute Gasteiger partial charge is 0.345 e. The first-order valence-corrected chi connectivity index (χ1v) is 10.1. The maximum absolute atomic E-state index is 12.8. The van der Waals surface area contributed by atoms with Crippen molar-refractivity contribution in [2.75, 3.05) is 13.1 Å². The van der Waals surface area contributed by atoms with Crippen LogP contribution in [0.4, 0.5) is 8.78 Å². The first-order chi connectivity index (χ1) is 14.8. The van der Waals surface area contributed by atoms with Crippen LogP contribution in [-0.4, -0.2) is 64.5 Å². The summed E-state index contributed by atoms with van der Waals surface area (Å²) in [6.45, 7) is -3.38. The number of hydrogen-bond donors (Lipinski definition) is 1. The third kappa shape index (κ3) is 4.36. The fraction of sp³-hybridized carbons (Fsp3) is 0.409. The van der Waals surface area contributed by atoms with E-state index in [2.05, 4.69) is 10.8 Å². The van der Waals surface area contributed by atoms with E-state index in [0.29, 0.717) is 5.56 Å². The van der Waals surface area contributed by atoms with E-state index in [-0.39, 0.29) is 32.0 Å². The quantitative estimate of drug-likeness (QED) is 0.747. The molecule has 2 aliphatic heterocycles. The molecule has 0 unspecified atom stereocenters. The first kappa shape index (κ1) is 21.2. The summed E-state index contributed by atoms with van der Waals surface area (Å²) in [5.74, 6) is -2.20. The van der Waals surface area contributed by atoms with Gasteiger partial charge >= 0.3 is 12.6 Å². The second-order valence-electron chi connectivity index (χ2n) is 7.85. The third-order valence-electron chi connectivity index (χ3n) is 5.86. The number of hydrogen-bond acceptors (Lipinski definition) is 4. The summed E-state index contributed by atoms with van der Waals surface area (Å²) in [5, 5.41) is 9.37. The molecular weight excluding hydrogens is 410 g/mol. The molecule has 164 valence electrons. The van der Waals surface area contributed by atoms with Crippen molar-refractivity contribution >= 4 is 23.4 Å². The van der Waals surface area contributed by atoms with E-state index in [1.807, 2.05) is 24.3 Å². The van der Waals surface area contributed by atoms with Crippen molar-refractivity contribution in [1.29, 1.82) is 0 Å². The summed E-state index contributed by atoms with van der Waals surface area (Å²) in [6, 6.07) is 4.33. The van der Waals surface area contributed by atoms with E-state index >= 15 is 0 Å². The number of likely N-dealkylation sites (tertiary alicyclic amines) is 1. The Kier molecular flexibility index (Phi) is 5.86. The molecule has 1 saturated heterocycles. The van der Waals surface area contributed by atoms with Crippen molar-refractivity contribution in [1.82, 2.24) is 9.80 Å². The number of alkyl halides is 2. The van der Waals surface area contributed by atoms with Gasteiger partial charge in [0.1, 0.15) is 12.6 Å². The molecule has 0 saturated carbocycles. The Morgan fingerprint density at radius 3 is 2.77 bits per heavy atom. The number of carbonyl (C=O) groups excluding carboxylic acids is 2. The Hall–Kier alpha value is -3.07. The molecule has 4 rings (SSSR count). The summed E-state index contributed by atoms with van der Waals surface area (Å²) >= 11 is 0.